The van der Waals surface area contributed by atoms with Crippen LogP contribution in [0.1, 0.15) is 12.8 Å². The smallest absolute Gasteiger partial charge is 0.263 e. The van der Waals surface area contributed by atoms with Gasteiger partial charge in [0.25, 0.3) is 5.91 Å². The highest BCUT2D eigenvalue weighted by molar-refractivity contribution is 5.80. The first-order chi connectivity index (χ1) is 4.75. The Bertz CT molecular complexity index is 134. The van der Waals surface area contributed by atoms with Crippen molar-refractivity contribution < 1.29 is 9.90 Å². The minimum absolute atomic E-state index is 0.202. The van der Waals surface area contributed by atoms with Crippen LogP contribution in [-0.4, -0.2) is 24.2 Å². The van der Waals surface area contributed by atoms with E-state index in [1.807, 2.05) is 0 Å². The van der Waals surface area contributed by atoms with Crippen molar-refractivity contribution >= 4 is 5.91 Å². The van der Waals surface area contributed by atoms with Crippen LogP contribution in [0.15, 0.2) is 0 Å². The quantitative estimate of drug-likeness (QED) is 0.446. The van der Waals surface area contributed by atoms with E-state index in [1.165, 1.54) is 0 Å². The summed E-state index contributed by atoms with van der Waals surface area (Å²) in [5, 5.41) is 9.14. The average Bonchev–Trinajstić information content (AvgIpc) is 2.68. The molecule has 0 unspecified atom stereocenters. The van der Waals surface area contributed by atoms with Gasteiger partial charge >= 0.3 is 0 Å². The number of nitrogens with one attached hydrogen (secondary N) is 2. The molecule has 1 amide bonds. The molecule has 0 bridgehead atoms. The van der Waals surface area contributed by atoms with Gasteiger partial charge in [0.05, 0.1) is 0 Å². The number of aliphatic hydroxyl groups excluding tert-OH is 1. The fourth-order valence-electron chi connectivity index (χ4n) is 0.823. The van der Waals surface area contributed by atoms with Crippen molar-refractivity contribution in [1.29, 1.82) is 0 Å². The zero-order valence-electron chi connectivity index (χ0n) is 5.92. The van der Waals surface area contributed by atoms with Gasteiger partial charge in [-0.1, -0.05) is 0 Å². The molecule has 4 nitrogen and oxygen atoms in total. The number of amides is 1. The van der Waals surface area contributed by atoms with Crippen molar-refractivity contribution in [3.8, 4) is 0 Å². The zero-order valence-corrected chi connectivity index (χ0v) is 5.92. The Morgan fingerprint density at radius 1 is 1.70 bits per heavy atom. The molecule has 0 aromatic carbocycles. The topological polar surface area (TPSA) is 61.4 Å². The second-order valence-corrected chi connectivity index (χ2v) is 2.52. The standard InChI is InChI=1S/C6H12N2O2/c1-7-8-6(10)5(9)4-2-3-4/h4-5,7,9H,2-3H2,1H3,(H,8,10)/t5-/m1/s1. The van der Waals surface area contributed by atoms with Gasteiger partial charge in [0, 0.05) is 7.05 Å². The van der Waals surface area contributed by atoms with Gasteiger partial charge in [-0.3, -0.25) is 10.2 Å². The van der Waals surface area contributed by atoms with Crippen LogP contribution in [0, 0.1) is 5.92 Å². The minimum atomic E-state index is -0.813. The van der Waals surface area contributed by atoms with Gasteiger partial charge < -0.3 is 5.11 Å². The Kier molecular flexibility index (Phi) is 2.24. The Labute approximate surface area is 59.6 Å². The molecule has 1 rings (SSSR count). The van der Waals surface area contributed by atoms with Gasteiger partial charge in [-0.15, -0.1) is 0 Å². The third-order valence-electron chi connectivity index (χ3n) is 1.59. The van der Waals surface area contributed by atoms with E-state index in [-0.39, 0.29) is 11.8 Å². The molecule has 1 atom stereocenters. The maximum atomic E-state index is 10.8. The number of carbonyl (C=O) groups is 1. The maximum absolute atomic E-state index is 10.8. The second-order valence-electron chi connectivity index (χ2n) is 2.52. The van der Waals surface area contributed by atoms with E-state index in [2.05, 4.69) is 10.9 Å². The van der Waals surface area contributed by atoms with Gasteiger partial charge in [0.1, 0.15) is 6.10 Å². The van der Waals surface area contributed by atoms with Crippen LogP contribution in [0.3, 0.4) is 0 Å². The summed E-state index contributed by atoms with van der Waals surface area (Å²) >= 11 is 0. The van der Waals surface area contributed by atoms with E-state index in [9.17, 15) is 4.79 Å². The molecule has 0 aliphatic heterocycles. The Morgan fingerprint density at radius 2 is 2.30 bits per heavy atom. The van der Waals surface area contributed by atoms with Gasteiger partial charge in [-0.25, -0.2) is 5.43 Å². The van der Waals surface area contributed by atoms with Crippen molar-refractivity contribution in [3.63, 3.8) is 0 Å². The van der Waals surface area contributed by atoms with E-state index < -0.39 is 6.10 Å². The first-order valence-electron chi connectivity index (χ1n) is 3.40. The first-order valence-corrected chi connectivity index (χ1v) is 3.40. The van der Waals surface area contributed by atoms with Crippen LogP contribution in [-0.2, 0) is 4.79 Å². The van der Waals surface area contributed by atoms with Crippen molar-refractivity contribution in [2.24, 2.45) is 5.92 Å². The Hall–Kier alpha value is -0.610. The van der Waals surface area contributed by atoms with E-state index >= 15 is 0 Å². The number of hydrogen-bond acceptors (Lipinski definition) is 3. The number of hydrazine groups is 1. The Balaban J connectivity index is 2.24. The first kappa shape index (κ1) is 7.50. The molecule has 0 aromatic heterocycles. The molecule has 0 radical (unpaired) electrons. The molecule has 1 fully saturated rings. The molecule has 1 aliphatic carbocycles. The fraction of sp³-hybridized carbons (Fsp3) is 0.833. The Morgan fingerprint density at radius 3 is 2.70 bits per heavy atom. The molecule has 0 heterocycles. The number of rotatable bonds is 3. The molecule has 10 heavy (non-hydrogen) atoms. The summed E-state index contributed by atoms with van der Waals surface area (Å²) in [5.74, 6) is -0.127. The SMILES string of the molecule is CNNC(=O)[C@H](O)C1CC1. The molecule has 3 N–H and O–H groups in total. The lowest BCUT2D eigenvalue weighted by molar-refractivity contribution is -0.131. The van der Waals surface area contributed by atoms with Gasteiger partial charge in [-0.05, 0) is 18.8 Å². The van der Waals surface area contributed by atoms with E-state index in [4.69, 9.17) is 5.11 Å². The van der Waals surface area contributed by atoms with Crippen LogP contribution >= 0.6 is 0 Å². The van der Waals surface area contributed by atoms with Crippen LogP contribution in [0.25, 0.3) is 0 Å². The van der Waals surface area contributed by atoms with E-state index in [0.717, 1.165) is 12.8 Å². The lowest BCUT2D eigenvalue weighted by Crippen LogP contribution is -2.42. The zero-order chi connectivity index (χ0) is 7.56. The molecule has 0 aromatic rings. The molecular formula is C6H12N2O2. The fourth-order valence-corrected chi connectivity index (χ4v) is 0.823. The van der Waals surface area contributed by atoms with Crippen LogP contribution in [0.2, 0.25) is 0 Å². The van der Waals surface area contributed by atoms with Crippen molar-refractivity contribution in [2.45, 2.75) is 18.9 Å². The average molecular weight is 144 g/mol. The van der Waals surface area contributed by atoms with Crippen LogP contribution in [0.4, 0.5) is 0 Å². The molecule has 4 heteroatoms. The van der Waals surface area contributed by atoms with Crippen LogP contribution in [0.5, 0.6) is 0 Å². The van der Waals surface area contributed by atoms with E-state index in [1.54, 1.807) is 7.05 Å². The van der Waals surface area contributed by atoms with Gasteiger partial charge in [0.15, 0.2) is 0 Å². The lowest BCUT2D eigenvalue weighted by atomic mass is 10.2. The number of hydrogen-bond donors (Lipinski definition) is 3. The monoisotopic (exact) mass is 144 g/mol. The third kappa shape index (κ3) is 1.68. The summed E-state index contributed by atoms with van der Waals surface area (Å²) in [6.07, 6.45) is 1.13. The van der Waals surface area contributed by atoms with Crippen molar-refractivity contribution in [2.75, 3.05) is 7.05 Å². The molecular weight excluding hydrogens is 132 g/mol. The molecule has 0 spiro atoms. The predicted molar refractivity (Wildman–Crippen MR) is 35.9 cm³/mol. The number of carbonyl (C=O) groups excluding carboxylic acids is 1. The summed E-state index contributed by atoms with van der Waals surface area (Å²) in [6.45, 7) is 0. The summed E-state index contributed by atoms with van der Waals surface area (Å²) in [5.41, 5.74) is 4.80. The highest BCUT2D eigenvalue weighted by atomic mass is 16.3. The van der Waals surface area contributed by atoms with Gasteiger partial charge in [-0.2, -0.15) is 0 Å². The molecule has 0 saturated heterocycles. The second kappa shape index (κ2) is 2.98. The highest BCUT2D eigenvalue weighted by Gasteiger charge is 2.34. The van der Waals surface area contributed by atoms with E-state index in [0.29, 0.717) is 0 Å². The van der Waals surface area contributed by atoms with Crippen molar-refractivity contribution in [1.82, 2.24) is 10.9 Å². The summed E-state index contributed by atoms with van der Waals surface area (Å²) in [4.78, 5) is 10.8. The maximum Gasteiger partial charge on any atom is 0.263 e. The largest absolute Gasteiger partial charge is 0.383 e. The third-order valence-corrected chi connectivity index (χ3v) is 1.59. The molecule has 1 aliphatic rings. The molecule has 1 saturated carbocycles. The van der Waals surface area contributed by atoms with Crippen molar-refractivity contribution in [3.05, 3.63) is 0 Å². The predicted octanol–water partition coefficient (Wildman–Crippen LogP) is -0.992. The summed E-state index contributed by atoms with van der Waals surface area (Å²) < 4.78 is 0. The van der Waals surface area contributed by atoms with Crippen LogP contribution < -0.4 is 10.9 Å². The summed E-state index contributed by atoms with van der Waals surface area (Å²) in [6, 6.07) is 0. The molecule has 58 valence electrons. The normalized spacial score (nSPS) is 20.2. The summed E-state index contributed by atoms with van der Waals surface area (Å²) in [7, 11) is 1.59. The minimum Gasteiger partial charge on any atom is -0.383 e. The van der Waals surface area contributed by atoms with Gasteiger partial charge in [0.2, 0.25) is 0 Å². The highest BCUT2D eigenvalue weighted by Crippen LogP contribution is 2.32. The number of aliphatic hydroxyl groups is 1. The lowest BCUT2D eigenvalue weighted by Gasteiger charge is -2.07.